The van der Waals surface area contributed by atoms with Gasteiger partial charge in [-0.15, -0.1) is 0 Å². The molecule has 2 aromatic rings. The summed E-state index contributed by atoms with van der Waals surface area (Å²) in [7, 11) is -0.992. The highest BCUT2D eigenvalue weighted by Crippen LogP contribution is 2.29. The van der Waals surface area contributed by atoms with Gasteiger partial charge in [-0.05, 0) is 17.7 Å². The third kappa shape index (κ3) is 5.06. The molecule has 29 heavy (non-hydrogen) atoms. The maximum Gasteiger partial charge on any atom is 0.241 e. The maximum absolute atomic E-state index is 12.6. The fourth-order valence-corrected chi connectivity index (χ4v) is 4.07. The summed E-state index contributed by atoms with van der Waals surface area (Å²) < 4.78 is 43.5. The molecule has 0 saturated carbocycles. The van der Waals surface area contributed by atoms with Gasteiger partial charge >= 0.3 is 0 Å². The van der Waals surface area contributed by atoms with Gasteiger partial charge in [0.25, 0.3) is 0 Å². The number of amides is 1. The van der Waals surface area contributed by atoms with Crippen LogP contribution in [-0.2, 0) is 19.6 Å². The number of hydrogen-bond donors (Lipinski definition) is 1. The molecule has 1 atom stereocenters. The van der Waals surface area contributed by atoms with Crippen molar-refractivity contribution in [1.29, 1.82) is 0 Å². The number of hydrogen-bond acceptors (Lipinski definition) is 6. The predicted octanol–water partition coefficient (Wildman–Crippen LogP) is 1.58. The molecule has 9 heteroatoms. The first-order chi connectivity index (χ1) is 13.9. The van der Waals surface area contributed by atoms with Crippen LogP contribution in [0.15, 0.2) is 53.4 Å². The van der Waals surface area contributed by atoms with E-state index in [1.165, 1.54) is 32.4 Å². The average molecular weight is 420 g/mol. The lowest BCUT2D eigenvalue weighted by molar-refractivity contribution is -0.137. The summed E-state index contributed by atoms with van der Waals surface area (Å²) in [5, 5.41) is 0. The van der Waals surface area contributed by atoms with Crippen LogP contribution in [-0.4, -0.2) is 59.7 Å². The molecule has 1 heterocycles. The van der Waals surface area contributed by atoms with Crippen LogP contribution in [0.2, 0.25) is 0 Å². The minimum absolute atomic E-state index is 0.00732. The topological polar surface area (TPSA) is 94.2 Å². The molecular weight excluding hydrogens is 396 g/mol. The Morgan fingerprint density at radius 3 is 2.55 bits per heavy atom. The van der Waals surface area contributed by atoms with E-state index >= 15 is 0 Å². The van der Waals surface area contributed by atoms with Gasteiger partial charge in [0.05, 0.1) is 38.8 Å². The molecule has 1 aliphatic rings. The number of nitrogens with zero attached hydrogens (tertiary/aromatic N) is 1. The highest BCUT2D eigenvalue weighted by Gasteiger charge is 2.26. The Kier molecular flexibility index (Phi) is 6.73. The number of ether oxygens (including phenoxy) is 3. The van der Waals surface area contributed by atoms with Gasteiger partial charge in [-0.2, -0.15) is 0 Å². The van der Waals surface area contributed by atoms with Crippen LogP contribution in [0.5, 0.6) is 11.5 Å². The normalized spacial score (nSPS) is 17.0. The zero-order chi connectivity index (χ0) is 20.9. The van der Waals surface area contributed by atoms with E-state index < -0.39 is 10.0 Å². The minimum atomic E-state index is -3.88. The molecule has 8 nitrogen and oxygen atoms in total. The fraction of sp³-hybridized carbons (Fsp3) is 0.350. The first kappa shape index (κ1) is 21.1. The molecule has 0 unspecified atom stereocenters. The van der Waals surface area contributed by atoms with Crippen molar-refractivity contribution < 1.29 is 27.4 Å². The third-order valence-electron chi connectivity index (χ3n) is 4.67. The Morgan fingerprint density at radius 2 is 1.86 bits per heavy atom. The van der Waals surface area contributed by atoms with Crippen molar-refractivity contribution in [1.82, 2.24) is 9.62 Å². The zero-order valence-electron chi connectivity index (χ0n) is 16.3. The van der Waals surface area contributed by atoms with E-state index in [1.807, 2.05) is 30.3 Å². The number of nitrogens with one attached hydrogen (secondary N) is 1. The number of methoxy groups -OCH3 is 2. The second kappa shape index (κ2) is 9.25. The zero-order valence-corrected chi connectivity index (χ0v) is 17.1. The summed E-state index contributed by atoms with van der Waals surface area (Å²) in [6.07, 6.45) is -0.226. The number of carbonyl (C=O) groups excluding carboxylic acids is 1. The van der Waals surface area contributed by atoms with Crippen LogP contribution in [0.1, 0.15) is 11.7 Å². The van der Waals surface area contributed by atoms with Crippen LogP contribution < -0.4 is 14.2 Å². The quantitative estimate of drug-likeness (QED) is 0.731. The van der Waals surface area contributed by atoms with E-state index in [1.54, 1.807) is 4.90 Å². The van der Waals surface area contributed by atoms with Crippen molar-refractivity contribution >= 4 is 15.9 Å². The van der Waals surface area contributed by atoms with E-state index in [9.17, 15) is 13.2 Å². The highest BCUT2D eigenvalue weighted by atomic mass is 32.2. The molecule has 3 rings (SSSR count). The Bertz CT molecular complexity index is 949. The molecule has 2 aromatic carbocycles. The van der Waals surface area contributed by atoms with E-state index in [2.05, 4.69) is 4.72 Å². The second-order valence-electron chi connectivity index (χ2n) is 6.45. The molecular formula is C20H24N2O6S. The third-order valence-corrected chi connectivity index (χ3v) is 6.07. The summed E-state index contributed by atoms with van der Waals surface area (Å²) in [6, 6.07) is 13.9. The van der Waals surface area contributed by atoms with E-state index in [0.29, 0.717) is 31.2 Å². The lowest BCUT2D eigenvalue weighted by atomic mass is 10.1. The van der Waals surface area contributed by atoms with Crippen molar-refractivity contribution in [2.24, 2.45) is 0 Å². The molecule has 0 bridgehead atoms. The van der Waals surface area contributed by atoms with Crippen LogP contribution in [0.3, 0.4) is 0 Å². The molecule has 1 N–H and O–H groups in total. The van der Waals surface area contributed by atoms with Gasteiger partial charge in [-0.3, -0.25) is 4.79 Å². The molecule has 0 aliphatic carbocycles. The van der Waals surface area contributed by atoms with Crippen molar-refractivity contribution in [3.63, 3.8) is 0 Å². The van der Waals surface area contributed by atoms with E-state index in [-0.39, 0.29) is 23.5 Å². The van der Waals surface area contributed by atoms with Crippen LogP contribution in [0, 0.1) is 0 Å². The average Bonchev–Trinajstić information content (AvgIpc) is 2.77. The summed E-state index contributed by atoms with van der Waals surface area (Å²) in [5.41, 5.74) is 0.982. The molecule has 0 radical (unpaired) electrons. The van der Waals surface area contributed by atoms with E-state index in [4.69, 9.17) is 14.2 Å². The highest BCUT2D eigenvalue weighted by molar-refractivity contribution is 7.89. The summed E-state index contributed by atoms with van der Waals surface area (Å²) in [4.78, 5) is 14.2. The van der Waals surface area contributed by atoms with Gasteiger partial charge in [0, 0.05) is 12.6 Å². The molecule has 1 saturated heterocycles. The standard InChI is InChI=1S/C20H24N2O6S/c1-26-17-9-8-16(12-18(17)27-2)29(24,25)21-13-20(23)22-10-11-28-19(14-22)15-6-4-3-5-7-15/h3-9,12,19,21H,10-11,13-14H2,1-2H3/t19-/m0/s1. The Balaban J connectivity index is 1.63. The van der Waals surface area contributed by atoms with Crippen molar-refractivity contribution in [2.45, 2.75) is 11.0 Å². The maximum atomic E-state index is 12.6. The van der Waals surface area contributed by atoms with Crippen molar-refractivity contribution in [3.8, 4) is 11.5 Å². The number of sulfonamides is 1. The fourth-order valence-electron chi connectivity index (χ4n) is 3.08. The summed E-state index contributed by atoms with van der Waals surface area (Å²) in [6.45, 7) is 0.854. The van der Waals surface area contributed by atoms with Crippen molar-refractivity contribution in [2.75, 3.05) is 40.5 Å². The Hall–Kier alpha value is -2.62. The van der Waals surface area contributed by atoms with Gasteiger partial charge in [-0.1, -0.05) is 30.3 Å². The van der Waals surface area contributed by atoms with Gasteiger partial charge in [0.2, 0.25) is 15.9 Å². The first-order valence-electron chi connectivity index (χ1n) is 9.10. The molecule has 156 valence electrons. The SMILES string of the molecule is COc1ccc(S(=O)(=O)NCC(=O)N2CCO[C@H](c3ccccc3)C2)cc1OC. The van der Waals surface area contributed by atoms with Gasteiger partial charge in [-0.25, -0.2) is 13.1 Å². The van der Waals surface area contributed by atoms with Gasteiger partial charge in [0.15, 0.2) is 11.5 Å². The van der Waals surface area contributed by atoms with Crippen LogP contribution >= 0.6 is 0 Å². The van der Waals surface area contributed by atoms with Gasteiger partial charge in [0.1, 0.15) is 6.10 Å². The van der Waals surface area contributed by atoms with Gasteiger partial charge < -0.3 is 19.1 Å². The summed E-state index contributed by atoms with van der Waals surface area (Å²) >= 11 is 0. The largest absolute Gasteiger partial charge is 0.493 e. The summed E-state index contributed by atoms with van der Waals surface area (Å²) in [5.74, 6) is 0.404. The van der Waals surface area contributed by atoms with Crippen LogP contribution in [0.25, 0.3) is 0 Å². The van der Waals surface area contributed by atoms with Crippen LogP contribution in [0.4, 0.5) is 0 Å². The van der Waals surface area contributed by atoms with Crippen molar-refractivity contribution in [3.05, 3.63) is 54.1 Å². The smallest absolute Gasteiger partial charge is 0.241 e. The monoisotopic (exact) mass is 420 g/mol. The predicted molar refractivity (Wildman–Crippen MR) is 106 cm³/mol. The second-order valence-corrected chi connectivity index (χ2v) is 8.22. The first-order valence-corrected chi connectivity index (χ1v) is 10.6. The van der Waals surface area contributed by atoms with E-state index in [0.717, 1.165) is 5.56 Å². The minimum Gasteiger partial charge on any atom is -0.493 e. The Morgan fingerprint density at radius 1 is 1.14 bits per heavy atom. The molecule has 0 aromatic heterocycles. The molecule has 1 amide bonds. The molecule has 1 fully saturated rings. The Labute approximate surface area is 170 Å². The lowest BCUT2D eigenvalue weighted by Crippen LogP contribution is -2.46. The molecule has 1 aliphatic heterocycles. The number of benzene rings is 2. The lowest BCUT2D eigenvalue weighted by Gasteiger charge is -2.33. The number of morpholine rings is 1. The number of carbonyl (C=O) groups is 1. The molecule has 0 spiro atoms. The number of rotatable bonds is 7.